The summed E-state index contributed by atoms with van der Waals surface area (Å²) in [5.74, 6) is -0.941. The molecular formula is C28H32Cl2N2O3. The summed E-state index contributed by atoms with van der Waals surface area (Å²) >= 11 is 6.15. The fraction of sp³-hybridized carbons (Fsp3) is 0.321. The monoisotopic (exact) mass is 514 g/mol. The number of benzene rings is 3. The van der Waals surface area contributed by atoms with Crippen molar-refractivity contribution in [2.75, 3.05) is 39.3 Å². The maximum Gasteiger partial charge on any atom is 0.329 e. The molecule has 2 unspecified atom stereocenters. The number of piperazine rings is 1. The Morgan fingerprint density at radius 3 is 1.94 bits per heavy atom. The Hall–Kier alpha value is -2.41. The Balaban J connectivity index is 0.00000342. The average Bonchev–Trinajstić information content (AvgIpc) is 2.87. The minimum absolute atomic E-state index is 0. The van der Waals surface area contributed by atoms with Gasteiger partial charge in [0.05, 0.1) is 12.1 Å². The number of halogens is 2. The molecule has 2 atom stereocenters. The summed E-state index contributed by atoms with van der Waals surface area (Å²) in [5.41, 5.74) is 3.55. The highest BCUT2D eigenvalue weighted by molar-refractivity contribution is 6.30. The molecule has 186 valence electrons. The highest BCUT2D eigenvalue weighted by atomic mass is 35.5. The predicted molar refractivity (Wildman–Crippen MR) is 142 cm³/mol. The Kier molecular flexibility index (Phi) is 10.6. The van der Waals surface area contributed by atoms with Gasteiger partial charge in [0, 0.05) is 37.7 Å². The molecule has 7 heteroatoms. The van der Waals surface area contributed by atoms with Crippen LogP contribution in [0, 0.1) is 0 Å². The van der Waals surface area contributed by atoms with Crippen LogP contribution >= 0.6 is 24.0 Å². The van der Waals surface area contributed by atoms with Gasteiger partial charge in [-0.15, -0.1) is 12.4 Å². The lowest BCUT2D eigenvalue weighted by Crippen LogP contribution is -2.48. The van der Waals surface area contributed by atoms with Crippen LogP contribution in [0.2, 0.25) is 5.02 Å². The van der Waals surface area contributed by atoms with Gasteiger partial charge in [-0.2, -0.15) is 0 Å². The molecule has 0 spiro atoms. The van der Waals surface area contributed by atoms with Crippen molar-refractivity contribution in [3.05, 3.63) is 107 Å². The van der Waals surface area contributed by atoms with Crippen LogP contribution in [-0.4, -0.2) is 60.2 Å². The second-order valence-electron chi connectivity index (χ2n) is 8.64. The van der Waals surface area contributed by atoms with Crippen LogP contribution in [0.1, 0.15) is 35.3 Å². The van der Waals surface area contributed by atoms with Crippen molar-refractivity contribution < 1.29 is 14.6 Å². The maximum absolute atomic E-state index is 11.0. The van der Waals surface area contributed by atoms with Gasteiger partial charge in [-0.3, -0.25) is 4.90 Å². The molecule has 0 saturated carbocycles. The van der Waals surface area contributed by atoms with Gasteiger partial charge in [-0.1, -0.05) is 84.4 Å². The number of hydrogen-bond donors (Lipinski definition) is 1. The molecule has 35 heavy (non-hydrogen) atoms. The SMILES string of the molecule is Cl.O=C(O)COC(CCN1CCN(C(c2ccccc2)c2ccc(Cl)cc2)CC1)c1ccccc1. The number of aliphatic carboxylic acids is 1. The average molecular weight is 515 g/mol. The Bertz CT molecular complexity index is 1030. The maximum atomic E-state index is 11.0. The van der Waals surface area contributed by atoms with Crippen LogP contribution in [0.4, 0.5) is 0 Å². The molecule has 1 aliphatic rings. The third-order valence-corrected chi connectivity index (χ3v) is 6.61. The van der Waals surface area contributed by atoms with Crippen LogP contribution in [0.25, 0.3) is 0 Å². The Labute approximate surface area is 218 Å². The van der Waals surface area contributed by atoms with E-state index in [4.69, 9.17) is 21.4 Å². The van der Waals surface area contributed by atoms with Gasteiger partial charge in [0.25, 0.3) is 0 Å². The first kappa shape index (κ1) is 27.2. The normalized spacial score (nSPS) is 16.3. The second-order valence-corrected chi connectivity index (χ2v) is 9.07. The molecular weight excluding hydrogens is 483 g/mol. The quantitative estimate of drug-likeness (QED) is 0.376. The van der Waals surface area contributed by atoms with E-state index in [9.17, 15) is 4.79 Å². The third-order valence-electron chi connectivity index (χ3n) is 6.36. The summed E-state index contributed by atoms with van der Waals surface area (Å²) in [6, 6.07) is 28.9. The molecule has 4 rings (SSSR count). The molecule has 5 nitrogen and oxygen atoms in total. The van der Waals surface area contributed by atoms with Gasteiger partial charge in [-0.25, -0.2) is 4.79 Å². The summed E-state index contributed by atoms with van der Waals surface area (Å²) in [7, 11) is 0. The van der Waals surface area contributed by atoms with E-state index in [1.165, 1.54) is 11.1 Å². The zero-order chi connectivity index (χ0) is 23.8. The fourth-order valence-electron chi connectivity index (χ4n) is 4.63. The van der Waals surface area contributed by atoms with Crippen molar-refractivity contribution in [1.82, 2.24) is 9.80 Å². The van der Waals surface area contributed by atoms with E-state index < -0.39 is 5.97 Å². The number of ether oxygens (including phenoxy) is 1. The molecule has 0 aromatic heterocycles. The van der Waals surface area contributed by atoms with Crippen molar-refractivity contribution in [3.8, 4) is 0 Å². The van der Waals surface area contributed by atoms with Crippen LogP contribution in [0.5, 0.6) is 0 Å². The fourth-order valence-corrected chi connectivity index (χ4v) is 4.75. The lowest BCUT2D eigenvalue weighted by Gasteiger charge is -2.40. The summed E-state index contributed by atoms with van der Waals surface area (Å²) in [6.45, 7) is 4.40. The van der Waals surface area contributed by atoms with E-state index in [1.54, 1.807) is 0 Å². The van der Waals surface area contributed by atoms with E-state index >= 15 is 0 Å². The highest BCUT2D eigenvalue weighted by Crippen LogP contribution is 2.30. The van der Waals surface area contributed by atoms with Gasteiger partial charge in [0.2, 0.25) is 0 Å². The lowest BCUT2D eigenvalue weighted by atomic mass is 9.96. The van der Waals surface area contributed by atoms with Crippen LogP contribution in [-0.2, 0) is 9.53 Å². The van der Waals surface area contributed by atoms with Gasteiger partial charge < -0.3 is 14.7 Å². The van der Waals surface area contributed by atoms with Crippen LogP contribution < -0.4 is 0 Å². The van der Waals surface area contributed by atoms with Crippen molar-refractivity contribution in [1.29, 1.82) is 0 Å². The standard InChI is InChI=1S/C28H31ClN2O3.ClH/c29-25-13-11-24(12-14-25)28(23-9-5-2-6-10-23)31-19-17-30(18-20-31)16-15-26(34-21-27(32)33)22-7-3-1-4-8-22;/h1-14,26,28H,15-21H2,(H,32,33);1H. The molecule has 1 saturated heterocycles. The molecule has 0 radical (unpaired) electrons. The molecule has 1 aliphatic heterocycles. The van der Waals surface area contributed by atoms with Gasteiger partial charge in [-0.05, 0) is 35.2 Å². The highest BCUT2D eigenvalue weighted by Gasteiger charge is 2.27. The topological polar surface area (TPSA) is 53.0 Å². The molecule has 0 bridgehead atoms. The Morgan fingerprint density at radius 1 is 0.829 bits per heavy atom. The number of rotatable bonds is 10. The van der Waals surface area contributed by atoms with Gasteiger partial charge in [0.1, 0.15) is 6.61 Å². The minimum atomic E-state index is -0.941. The minimum Gasteiger partial charge on any atom is -0.480 e. The van der Waals surface area contributed by atoms with E-state index in [-0.39, 0.29) is 31.2 Å². The molecule has 3 aromatic carbocycles. The summed E-state index contributed by atoms with van der Waals surface area (Å²) in [5, 5.41) is 9.81. The summed E-state index contributed by atoms with van der Waals surface area (Å²) in [6.07, 6.45) is 0.540. The first-order chi connectivity index (χ1) is 16.6. The molecule has 1 N–H and O–H groups in total. The number of carbonyl (C=O) groups is 1. The molecule has 1 fully saturated rings. The number of carboxylic acids is 1. The second kappa shape index (κ2) is 13.6. The van der Waals surface area contributed by atoms with Crippen molar-refractivity contribution in [2.45, 2.75) is 18.6 Å². The van der Waals surface area contributed by atoms with Crippen molar-refractivity contribution >= 4 is 30.0 Å². The third kappa shape index (κ3) is 7.79. The lowest BCUT2D eigenvalue weighted by molar-refractivity contribution is -0.144. The Morgan fingerprint density at radius 2 is 1.37 bits per heavy atom. The predicted octanol–water partition coefficient (Wildman–Crippen LogP) is 5.70. The van der Waals surface area contributed by atoms with Crippen LogP contribution in [0.15, 0.2) is 84.9 Å². The smallest absolute Gasteiger partial charge is 0.329 e. The first-order valence-corrected chi connectivity index (χ1v) is 12.1. The van der Waals surface area contributed by atoms with E-state index in [1.807, 2.05) is 42.5 Å². The number of nitrogens with zero attached hydrogens (tertiary/aromatic N) is 2. The molecule has 0 aliphatic carbocycles. The zero-order valence-electron chi connectivity index (χ0n) is 19.6. The number of carboxylic acid groups (broad SMARTS) is 1. The molecule has 1 heterocycles. The van der Waals surface area contributed by atoms with Gasteiger partial charge >= 0.3 is 5.97 Å². The largest absolute Gasteiger partial charge is 0.480 e. The first-order valence-electron chi connectivity index (χ1n) is 11.8. The molecule has 0 amide bonds. The molecule has 3 aromatic rings. The summed E-state index contributed by atoms with van der Waals surface area (Å²) in [4.78, 5) is 16.0. The zero-order valence-corrected chi connectivity index (χ0v) is 21.2. The summed E-state index contributed by atoms with van der Waals surface area (Å²) < 4.78 is 5.72. The van der Waals surface area contributed by atoms with E-state index in [2.05, 4.69) is 52.3 Å². The van der Waals surface area contributed by atoms with E-state index in [0.29, 0.717) is 0 Å². The van der Waals surface area contributed by atoms with Crippen molar-refractivity contribution in [3.63, 3.8) is 0 Å². The van der Waals surface area contributed by atoms with Crippen molar-refractivity contribution in [2.24, 2.45) is 0 Å². The number of hydrogen-bond acceptors (Lipinski definition) is 4. The van der Waals surface area contributed by atoms with Crippen LogP contribution in [0.3, 0.4) is 0 Å². The van der Waals surface area contributed by atoms with E-state index in [0.717, 1.165) is 49.7 Å². The van der Waals surface area contributed by atoms with Gasteiger partial charge in [0.15, 0.2) is 0 Å².